The van der Waals surface area contributed by atoms with E-state index in [4.69, 9.17) is 19.2 Å². The van der Waals surface area contributed by atoms with Crippen LogP contribution in [0.2, 0.25) is 0 Å². The summed E-state index contributed by atoms with van der Waals surface area (Å²) in [6.45, 7) is 6.41. The van der Waals surface area contributed by atoms with E-state index >= 15 is 8.78 Å². The summed E-state index contributed by atoms with van der Waals surface area (Å²) in [7, 11) is 4.69. The molecule has 52 heavy (non-hydrogen) atoms. The number of benzene rings is 2. The maximum absolute atomic E-state index is 17.1. The van der Waals surface area contributed by atoms with Crippen LogP contribution in [-0.2, 0) is 20.7 Å². The fraction of sp³-hybridized carbons (Fsp3) is 0.500. The number of aromatic nitrogens is 3. The third-order valence-electron chi connectivity index (χ3n) is 10.5. The Kier molecular flexibility index (Phi) is 10.9. The van der Waals surface area contributed by atoms with Crippen LogP contribution in [-0.4, -0.2) is 103 Å². The number of carbonyl (C=O) groups excluding carboxylic acids is 2. The Labute approximate surface area is 301 Å². The van der Waals surface area contributed by atoms with Gasteiger partial charge in [0.25, 0.3) is 0 Å². The van der Waals surface area contributed by atoms with Crippen LogP contribution < -0.4 is 14.4 Å². The van der Waals surface area contributed by atoms with Crippen molar-refractivity contribution < 1.29 is 37.0 Å². The zero-order chi connectivity index (χ0) is 37.3. The first-order valence-corrected chi connectivity index (χ1v) is 17.6. The molecule has 6 rings (SSSR count). The monoisotopic (exact) mass is 722 g/mol. The Morgan fingerprint density at radius 1 is 1.15 bits per heavy atom. The summed E-state index contributed by atoms with van der Waals surface area (Å²) in [6, 6.07) is 6.26. The number of hydrogen-bond acceptors (Lipinski definition) is 10. The predicted molar refractivity (Wildman–Crippen MR) is 191 cm³/mol. The molecule has 0 aliphatic carbocycles. The van der Waals surface area contributed by atoms with Crippen LogP contribution in [0, 0.1) is 17.6 Å². The number of alkyl halides is 1. The second-order valence-corrected chi connectivity index (χ2v) is 13.9. The Bertz CT molecular complexity index is 2000. The van der Waals surface area contributed by atoms with E-state index < -0.39 is 29.3 Å². The lowest BCUT2D eigenvalue weighted by molar-refractivity contribution is -0.144. The van der Waals surface area contributed by atoms with Crippen molar-refractivity contribution in [2.45, 2.75) is 64.6 Å². The maximum Gasteiger partial charge on any atom is 0.319 e. The molecule has 2 fully saturated rings. The molecule has 0 radical (unpaired) electrons. The average molecular weight is 723 g/mol. The summed E-state index contributed by atoms with van der Waals surface area (Å²) in [6.07, 6.45) is 3.25. The molecular weight excluding hydrogens is 677 g/mol. The number of ether oxygens (including phenoxy) is 3. The van der Waals surface area contributed by atoms with Crippen molar-refractivity contribution in [2.24, 2.45) is 5.92 Å². The molecule has 4 heterocycles. The van der Waals surface area contributed by atoms with E-state index in [0.29, 0.717) is 71.2 Å². The molecular formula is C38H45F3N6O5. The van der Waals surface area contributed by atoms with Gasteiger partial charge in [-0.15, -0.1) is 0 Å². The molecule has 11 nitrogen and oxygen atoms in total. The van der Waals surface area contributed by atoms with Gasteiger partial charge in [-0.2, -0.15) is 9.97 Å². The van der Waals surface area contributed by atoms with Gasteiger partial charge in [-0.05, 0) is 66.8 Å². The van der Waals surface area contributed by atoms with Gasteiger partial charge in [0.05, 0.1) is 10.9 Å². The first-order chi connectivity index (χ1) is 24.9. The van der Waals surface area contributed by atoms with Gasteiger partial charge in [-0.1, -0.05) is 19.9 Å². The minimum Gasteiger partial charge on any atom is -0.468 e. The summed E-state index contributed by atoms with van der Waals surface area (Å²) in [5.41, 5.74) is 0.0896. The van der Waals surface area contributed by atoms with Gasteiger partial charge in [0.1, 0.15) is 41.4 Å². The van der Waals surface area contributed by atoms with Crippen molar-refractivity contribution in [1.82, 2.24) is 24.8 Å². The van der Waals surface area contributed by atoms with Crippen molar-refractivity contribution in [3.63, 3.8) is 0 Å². The van der Waals surface area contributed by atoms with Crippen molar-refractivity contribution in [3.05, 3.63) is 47.7 Å². The van der Waals surface area contributed by atoms with Gasteiger partial charge in [-0.3, -0.25) is 24.4 Å². The number of anilines is 1. The molecule has 0 saturated carbocycles. The Balaban J connectivity index is 1.45. The normalized spacial score (nSPS) is 19.2. The van der Waals surface area contributed by atoms with Crippen molar-refractivity contribution in [2.75, 3.05) is 59.1 Å². The number of carbonyl (C=O) groups is 2. The third kappa shape index (κ3) is 7.10. The van der Waals surface area contributed by atoms with Gasteiger partial charge in [0, 0.05) is 65.3 Å². The lowest BCUT2D eigenvalue weighted by Crippen LogP contribution is -2.43. The van der Waals surface area contributed by atoms with Crippen LogP contribution in [0.4, 0.5) is 19.0 Å². The van der Waals surface area contributed by atoms with E-state index in [1.54, 1.807) is 37.1 Å². The molecule has 3 atom stereocenters. The molecule has 0 bridgehead atoms. The van der Waals surface area contributed by atoms with Crippen LogP contribution in [0.15, 0.2) is 30.5 Å². The second-order valence-electron chi connectivity index (χ2n) is 13.9. The molecule has 2 amide bonds. The third-order valence-corrected chi connectivity index (χ3v) is 10.5. The Morgan fingerprint density at radius 2 is 1.94 bits per heavy atom. The Morgan fingerprint density at radius 3 is 2.67 bits per heavy atom. The number of fused-ring (bicyclic) bond motifs is 3. The molecule has 2 aliphatic heterocycles. The summed E-state index contributed by atoms with van der Waals surface area (Å²) in [5, 5.41) is 1.43. The standard InChI is InChI=1S/C38H45F3N6O5/c1-7-27-30(40)10-9-24-15-26(52-21-50-6)16-28(31(24)27)33-32(41)34-29(18-42-33)35(45(4)14-11-22(2)36(49)46(5)23(3)48)44-37(43-34)51-20-38-12-8-13-47(38)19-25(39)17-38/h9-10,15-16,18,22,25H,7-8,11-14,17,19-21H2,1-6H3/t22?,25-,38+/m1/s1. The number of nitrogens with zero attached hydrogens (tertiary/aromatic N) is 6. The molecule has 2 aromatic carbocycles. The van der Waals surface area contributed by atoms with Gasteiger partial charge < -0.3 is 19.1 Å². The largest absolute Gasteiger partial charge is 0.468 e. The molecule has 14 heteroatoms. The first-order valence-electron chi connectivity index (χ1n) is 17.6. The summed E-state index contributed by atoms with van der Waals surface area (Å²) in [5.74, 6) is -1.65. The molecule has 1 unspecified atom stereocenters. The number of pyridine rings is 1. The average Bonchev–Trinajstić information content (AvgIpc) is 3.66. The summed E-state index contributed by atoms with van der Waals surface area (Å²) in [4.78, 5) is 43.4. The van der Waals surface area contributed by atoms with Gasteiger partial charge in [-0.25, -0.2) is 13.2 Å². The smallest absolute Gasteiger partial charge is 0.319 e. The topological polar surface area (TPSA) is 110 Å². The van der Waals surface area contributed by atoms with Gasteiger partial charge in [0.2, 0.25) is 11.8 Å². The predicted octanol–water partition coefficient (Wildman–Crippen LogP) is 6.09. The number of aryl methyl sites for hydroxylation is 1. The maximum atomic E-state index is 17.1. The number of amides is 2. The first kappa shape index (κ1) is 37.2. The van der Waals surface area contributed by atoms with Crippen molar-refractivity contribution >= 4 is 39.3 Å². The highest BCUT2D eigenvalue weighted by atomic mass is 19.1. The zero-order valence-corrected chi connectivity index (χ0v) is 30.5. The SMILES string of the molecule is CCc1c(F)ccc2cc(OCOC)cc(-c3ncc4c(N(C)CCC(C)C(=O)N(C)C(C)=O)nc(OC[C@@]56CCCN5C[C@H](F)C6)nc4c3F)c12. The van der Waals surface area contributed by atoms with Crippen LogP contribution in [0.3, 0.4) is 0 Å². The minimum atomic E-state index is -0.961. The molecule has 2 aromatic heterocycles. The fourth-order valence-corrected chi connectivity index (χ4v) is 7.55. The van der Waals surface area contributed by atoms with E-state index in [9.17, 15) is 14.0 Å². The van der Waals surface area contributed by atoms with Crippen molar-refractivity contribution in [1.29, 1.82) is 0 Å². The van der Waals surface area contributed by atoms with E-state index in [0.717, 1.165) is 24.3 Å². The summed E-state index contributed by atoms with van der Waals surface area (Å²) < 4.78 is 63.9. The lowest BCUT2D eigenvalue weighted by Gasteiger charge is -2.31. The number of imide groups is 1. The van der Waals surface area contributed by atoms with E-state index in [-0.39, 0.29) is 42.4 Å². The quantitative estimate of drug-likeness (QED) is 0.151. The molecule has 0 spiro atoms. The lowest BCUT2D eigenvalue weighted by atomic mass is 9.94. The number of rotatable bonds is 13. The van der Waals surface area contributed by atoms with Gasteiger partial charge >= 0.3 is 6.01 Å². The Hall–Kier alpha value is -4.56. The van der Waals surface area contributed by atoms with Crippen LogP contribution >= 0.6 is 0 Å². The number of hydrogen-bond donors (Lipinski definition) is 0. The van der Waals surface area contributed by atoms with E-state index in [2.05, 4.69) is 14.9 Å². The number of methoxy groups -OCH3 is 1. The zero-order valence-electron chi connectivity index (χ0n) is 30.5. The summed E-state index contributed by atoms with van der Waals surface area (Å²) >= 11 is 0. The highest BCUT2D eigenvalue weighted by molar-refractivity contribution is 6.02. The van der Waals surface area contributed by atoms with Crippen molar-refractivity contribution in [3.8, 4) is 23.0 Å². The minimum absolute atomic E-state index is 0.0542. The number of halogens is 3. The van der Waals surface area contributed by atoms with Gasteiger partial charge in [0.15, 0.2) is 12.6 Å². The van der Waals surface area contributed by atoms with Crippen LogP contribution in [0.25, 0.3) is 32.9 Å². The molecule has 4 aromatic rings. The van der Waals surface area contributed by atoms with Crippen LogP contribution in [0.1, 0.15) is 52.0 Å². The molecule has 278 valence electrons. The molecule has 2 saturated heterocycles. The van der Waals surface area contributed by atoms with Crippen LogP contribution in [0.5, 0.6) is 11.8 Å². The molecule has 2 aliphatic rings. The van der Waals surface area contributed by atoms with E-state index in [1.165, 1.54) is 33.3 Å². The highest BCUT2D eigenvalue weighted by Gasteiger charge is 2.49. The fourth-order valence-electron chi connectivity index (χ4n) is 7.55. The highest BCUT2D eigenvalue weighted by Crippen LogP contribution is 2.42. The second kappa shape index (κ2) is 15.2. The van der Waals surface area contributed by atoms with E-state index in [1.807, 2.05) is 6.92 Å². The molecule has 0 N–H and O–H groups in total.